The highest BCUT2D eigenvalue weighted by atomic mass is 19.3. The Bertz CT molecular complexity index is 463. The largest absolute Gasteiger partial charge is 0.476 e. The van der Waals surface area contributed by atoms with E-state index in [0.29, 0.717) is 6.07 Å². The monoisotopic (exact) mass is 233 g/mol. The zero-order valence-electron chi connectivity index (χ0n) is 7.55. The molecule has 9 heteroatoms. The quantitative estimate of drug-likeness (QED) is 0.598. The first-order chi connectivity index (χ1) is 7.34. The Labute approximate surface area is 86.7 Å². The molecule has 0 spiro atoms. The molecule has 1 rings (SSSR count). The van der Waals surface area contributed by atoms with Crippen molar-refractivity contribution in [1.29, 1.82) is 0 Å². The summed E-state index contributed by atoms with van der Waals surface area (Å²) in [5.41, 5.74) is 1.46. The molecule has 86 valence electrons. The van der Waals surface area contributed by atoms with Gasteiger partial charge in [-0.2, -0.15) is 0 Å². The highest BCUT2D eigenvalue weighted by Gasteiger charge is 2.28. The number of pyridine rings is 1. The summed E-state index contributed by atoms with van der Waals surface area (Å²) in [6.07, 6.45) is -3.05. The molecule has 0 saturated carbocycles. The van der Waals surface area contributed by atoms with Crippen molar-refractivity contribution in [2.75, 3.05) is 5.73 Å². The third-order valence-corrected chi connectivity index (χ3v) is 1.65. The number of nitro groups is 1. The third kappa shape index (κ3) is 2.02. The maximum atomic E-state index is 12.2. The maximum absolute atomic E-state index is 12.2. The van der Waals surface area contributed by atoms with Crippen molar-refractivity contribution in [3.8, 4) is 0 Å². The molecule has 0 aliphatic heterocycles. The van der Waals surface area contributed by atoms with Crippen LogP contribution in [-0.2, 0) is 0 Å². The Kier molecular flexibility index (Phi) is 2.97. The Hall–Kier alpha value is -2.32. The maximum Gasteiger partial charge on any atom is 0.361 e. The lowest BCUT2D eigenvalue weighted by molar-refractivity contribution is -0.384. The van der Waals surface area contributed by atoms with E-state index in [1.165, 1.54) is 0 Å². The van der Waals surface area contributed by atoms with Gasteiger partial charge in [0.05, 0.1) is 4.92 Å². The van der Waals surface area contributed by atoms with E-state index in [1.54, 1.807) is 0 Å². The molecule has 0 radical (unpaired) electrons. The minimum absolute atomic E-state index is 0.579. The molecule has 7 nitrogen and oxygen atoms in total. The number of carboxylic acid groups (broad SMARTS) is 1. The van der Waals surface area contributed by atoms with E-state index in [-0.39, 0.29) is 0 Å². The van der Waals surface area contributed by atoms with Crippen molar-refractivity contribution >= 4 is 17.3 Å². The van der Waals surface area contributed by atoms with Crippen LogP contribution in [-0.4, -0.2) is 21.0 Å². The molecule has 16 heavy (non-hydrogen) atoms. The van der Waals surface area contributed by atoms with Crippen molar-refractivity contribution in [3.05, 3.63) is 27.6 Å². The number of anilines is 1. The van der Waals surface area contributed by atoms with E-state index in [2.05, 4.69) is 4.98 Å². The van der Waals surface area contributed by atoms with Crippen molar-refractivity contribution < 1.29 is 23.6 Å². The average Bonchev–Trinajstić information content (AvgIpc) is 2.15. The van der Waals surface area contributed by atoms with Gasteiger partial charge in [0.1, 0.15) is 11.4 Å². The molecule has 1 aromatic rings. The van der Waals surface area contributed by atoms with Crippen LogP contribution < -0.4 is 5.73 Å². The van der Waals surface area contributed by atoms with Gasteiger partial charge in [-0.25, -0.2) is 18.6 Å². The number of alkyl halides is 2. The summed E-state index contributed by atoms with van der Waals surface area (Å²) in [7, 11) is 0. The van der Waals surface area contributed by atoms with E-state index >= 15 is 0 Å². The number of nitrogen functional groups attached to an aromatic ring is 1. The van der Waals surface area contributed by atoms with Gasteiger partial charge in [-0.1, -0.05) is 0 Å². The van der Waals surface area contributed by atoms with Gasteiger partial charge >= 0.3 is 11.7 Å². The lowest BCUT2D eigenvalue weighted by Gasteiger charge is -2.04. The average molecular weight is 233 g/mol. The van der Waals surface area contributed by atoms with Crippen LogP contribution in [0.1, 0.15) is 22.6 Å². The molecule has 0 saturated heterocycles. The molecule has 0 bridgehead atoms. The molecule has 3 N–H and O–H groups in total. The molecular formula is C7H5F2N3O4. The highest BCUT2D eigenvalue weighted by Crippen LogP contribution is 2.29. The summed E-state index contributed by atoms with van der Waals surface area (Å²) < 4.78 is 24.5. The summed E-state index contributed by atoms with van der Waals surface area (Å²) in [4.78, 5) is 22.9. The van der Waals surface area contributed by atoms with Gasteiger partial charge in [-0.15, -0.1) is 0 Å². The topological polar surface area (TPSA) is 119 Å². The Morgan fingerprint density at radius 1 is 1.62 bits per heavy atom. The second kappa shape index (κ2) is 4.04. The van der Waals surface area contributed by atoms with E-state index in [0.717, 1.165) is 0 Å². The number of halogens is 2. The van der Waals surface area contributed by atoms with Gasteiger partial charge in [-0.3, -0.25) is 10.1 Å². The lowest BCUT2D eigenvalue weighted by Crippen LogP contribution is -2.10. The number of hydrogen-bond donors (Lipinski definition) is 2. The second-order valence-corrected chi connectivity index (χ2v) is 2.70. The van der Waals surface area contributed by atoms with Crippen LogP contribution in [0.2, 0.25) is 0 Å². The molecule has 0 amide bonds. The van der Waals surface area contributed by atoms with E-state index < -0.39 is 40.1 Å². The molecule has 0 aromatic carbocycles. The fourth-order valence-corrected chi connectivity index (χ4v) is 1.03. The first-order valence-corrected chi connectivity index (χ1v) is 3.80. The summed E-state index contributed by atoms with van der Waals surface area (Å²) in [5, 5.41) is 19.0. The highest BCUT2D eigenvalue weighted by molar-refractivity contribution is 5.92. The van der Waals surface area contributed by atoms with Crippen molar-refractivity contribution in [2.45, 2.75) is 6.43 Å². The number of nitrogens with zero attached hydrogens (tertiary/aromatic N) is 2. The predicted octanol–water partition coefficient (Wildman–Crippen LogP) is 1.21. The fourth-order valence-electron chi connectivity index (χ4n) is 1.03. The Morgan fingerprint density at radius 3 is 2.56 bits per heavy atom. The first-order valence-electron chi connectivity index (χ1n) is 3.80. The van der Waals surface area contributed by atoms with E-state index in [1.807, 2.05) is 0 Å². The zero-order valence-corrected chi connectivity index (χ0v) is 7.55. The number of aromatic nitrogens is 1. The van der Waals surface area contributed by atoms with Crippen LogP contribution in [0, 0.1) is 10.1 Å². The lowest BCUT2D eigenvalue weighted by atomic mass is 10.2. The number of nitrogens with two attached hydrogens (primary N) is 1. The normalized spacial score (nSPS) is 10.4. The van der Waals surface area contributed by atoms with Gasteiger partial charge in [0.15, 0.2) is 0 Å². The van der Waals surface area contributed by atoms with Gasteiger partial charge in [0, 0.05) is 0 Å². The zero-order chi connectivity index (χ0) is 12.5. The van der Waals surface area contributed by atoms with Gasteiger partial charge in [0.2, 0.25) is 5.69 Å². The van der Waals surface area contributed by atoms with Crippen LogP contribution >= 0.6 is 0 Å². The van der Waals surface area contributed by atoms with Crippen LogP contribution in [0.15, 0.2) is 6.07 Å². The van der Waals surface area contributed by atoms with Gasteiger partial charge in [0.25, 0.3) is 6.43 Å². The van der Waals surface area contributed by atoms with Crippen LogP contribution in [0.5, 0.6) is 0 Å². The van der Waals surface area contributed by atoms with Gasteiger partial charge in [-0.05, 0) is 6.07 Å². The molecule has 0 aliphatic rings. The van der Waals surface area contributed by atoms with Crippen molar-refractivity contribution in [2.24, 2.45) is 0 Å². The molecule has 0 aliphatic carbocycles. The van der Waals surface area contributed by atoms with Crippen LogP contribution in [0.3, 0.4) is 0 Å². The van der Waals surface area contributed by atoms with Gasteiger partial charge < -0.3 is 10.8 Å². The molecule has 0 unspecified atom stereocenters. The predicted molar refractivity (Wildman–Crippen MR) is 47.2 cm³/mol. The standard InChI is InChI=1S/C7H5F2N3O4/c8-6(9)3-1-2(10)5(12(15)16)4(11-3)7(13)14/h1,6H,(H2,10,11)(H,13,14). The smallest absolute Gasteiger partial charge is 0.361 e. The number of hydrogen-bond acceptors (Lipinski definition) is 5. The number of carbonyl (C=O) groups is 1. The van der Waals surface area contributed by atoms with Crippen LogP contribution in [0.25, 0.3) is 0 Å². The molecule has 0 atom stereocenters. The second-order valence-electron chi connectivity index (χ2n) is 2.70. The third-order valence-electron chi connectivity index (χ3n) is 1.65. The summed E-state index contributed by atoms with van der Waals surface area (Å²) in [6.45, 7) is 0. The molecule has 1 heterocycles. The van der Waals surface area contributed by atoms with Crippen LogP contribution in [0.4, 0.5) is 20.2 Å². The summed E-state index contributed by atoms with van der Waals surface area (Å²) >= 11 is 0. The van der Waals surface area contributed by atoms with E-state index in [4.69, 9.17) is 10.8 Å². The first kappa shape index (κ1) is 11.8. The van der Waals surface area contributed by atoms with Crippen molar-refractivity contribution in [3.63, 3.8) is 0 Å². The number of aromatic carboxylic acids is 1. The SMILES string of the molecule is Nc1cc(C(F)F)nc(C(=O)O)c1[N+](=O)[O-]. The number of rotatable bonds is 3. The minimum atomic E-state index is -3.05. The Morgan fingerprint density at radius 2 is 2.19 bits per heavy atom. The van der Waals surface area contributed by atoms with Crippen molar-refractivity contribution in [1.82, 2.24) is 4.98 Å². The number of carboxylic acids is 1. The summed E-state index contributed by atoms with van der Waals surface area (Å²) in [5.74, 6) is -1.79. The van der Waals surface area contributed by atoms with E-state index in [9.17, 15) is 23.7 Å². The Balaban J connectivity index is 3.52. The molecule has 0 fully saturated rings. The fraction of sp³-hybridized carbons (Fsp3) is 0.143. The molecule has 1 aromatic heterocycles. The minimum Gasteiger partial charge on any atom is -0.476 e. The molecular weight excluding hydrogens is 228 g/mol. The summed E-state index contributed by atoms with van der Waals surface area (Å²) in [6, 6.07) is 0.579.